The van der Waals surface area contributed by atoms with Crippen LogP contribution in [0.3, 0.4) is 0 Å². The number of ether oxygens (including phenoxy) is 1. The molecule has 0 spiro atoms. The van der Waals surface area contributed by atoms with Crippen molar-refractivity contribution >= 4 is 0 Å². The summed E-state index contributed by atoms with van der Waals surface area (Å²) in [6.07, 6.45) is 6.79. The van der Waals surface area contributed by atoms with Gasteiger partial charge in [-0.25, -0.2) is 0 Å². The Balaban J connectivity index is 1.88. The largest absolute Gasteiger partial charge is 0.493 e. The van der Waals surface area contributed by atoms with Crippen LogP contribution in [0.15, 0.2) is 24.3 Å². The molecule has 1 atom stereocenters. The number of benzene rings is 1. The zero-order chi connectivity index (χ0) is 12.8. The number of nitrogens with two attached hydrogens (primary N) is 1. The minimum absolute atomic E-state index is 0.518. The molecule has 18 heavy (non-hydrogen) atoms. The summed E-state index contributed by atoms with van der Waals surface area (Å²) in [5, 5.41) is 0. The van der Waals surface area contributed by atoms with Gasteiger partial charge < -0.3 is 10.5 Å². The smallest absolute Gasteiger partial charge is 0.122 e. The minimum Gasteiger partial charge on any atom is -0.493 e. The second kappa shape index (κ2) is 6.79. The fourth-order valence-corrected chi connectivity index (χ4v) is 2.92. The third-order valence-electron chi connectivity index (χ3n) is 4.17. The third kappa shape index (κ3) is 3.49. The molecule has 1 aromatic rings. The summed E-state index contributed by atoms with van der Waals surface area (Å²) in [6, 6.07) is 8.21. The quantitative estimate of drug-likeness (QED) is 0.864. The van der Waals surface area contributed by atoms with E-state index >= 15 is 0 Å². The Morgan fingerprint density at radius 1 is 1.22 bits per heavy atom. The Labute approximate surface area is 111 Å². The minimum atomic E-state index is 0.518. The average Bonchev–Trinajstić information content (AvgIpc) is 2.42. The molecule has 1 aromatic carbocycles. The molecule has 2 heteroatoms. The van der Waals surface area contributed by atoms with Gasteiger partial charge in [-0.05, 0) is 31.0 Å². The molecule has 1 aliphatic rings. The van der Waals surface area contributed by atoms with E-state index in [1.807, 2.05) is 18.2 Å². The first-order chi connectivity index (χ1) is 8.81. The van der Waals surface area contributed by atoms with E-state index in [0.29, 0.717) is 5.92 Å². The van der Waals surface area contributed by atoms with Crippen LogP contribution in [-0.4, -0.2) is 13.2 Å². The molecule has 0 radical (unpaired) electrons. The van der Waals surface area contributed by atoms with Crippen molar-refractivity contribution in [2.24, 2.45) is 17.6 Å². The molecule has 2 rings (SSSR count). The van der Waals surface area contributed by atoms with E-state index in [1.165, 1.54) is 37.7 Å². The van der Waals surface area contributed by atoms with Crippen molar-refractivity contribution in [1.29, 1.82) is 0 Å². The molecular weight excluding hydrogens is 222 g/mol. The summed E-state index contributed by atoms with van der Waals surface area (Å²) in [5.74, 6) is 2.30. The Hall–Kier alpha value is -1.02. The highest BCUT2D eigenvalue weighted by Gasteiger charge is 2.23. The lowest BCUT2D eigenvalue weighted by Gasteiger charge is -2.29. The van der Waals surface area contributed by atoms with E-state index in [9.17, 15) is 0 Å². The van der Waals surface area contributed by atoms with Crippen molar-refractivity contribution in [3.05, 3.63) is 29.8 Å². The maximum Gasteiger partial charge on any atom is 0.122 e. The number of aryl methyl sites for hydroxylation is 1. The number of para-hydroxylation sites is 1. The maximum atomic E-state index is 5.96. The maximum absolute atomic E-state index is 5.96. The Morgan fingerprint density at radius 2 is 1.94 bits per heavy atom. The van der Waals surface area contributed by atoms with Crippen LogP contribution in [0.1, 0.15) is 37.7 Å². The molecule has 2 nitrogen and oxygen atoms in total. The molecular formula is C16H25NO. The molecule has 2 N–H and O–H groups in total. The fourth-order valence-electron chi connectivity index (χ4n) is 2.92. The molecule has 1 fully saturated rings. The van der Waals surface area contributed by atoms with Gasteiger partial charge >= 0.3 is 0 Å². The lowest BCUT2D eigenvalue weighted by molar-refractivity contribution is 0.166. The zero-order valence-electron chi connectivity index (χ0n) is 11.4. The van der Waals surface area contributed by atoms with Crippen molar-refractivity contribution < 1.29 is 4.74 Å². The molecule has 0 aliphatic heterocycles. The van der Waals surface area contributed by atoms with E-state index in [4.69, 9.17) is 10.5 Å². The first-order valence-electron chi connectivity index (χ1n) is 7.19. The number of rotatable bonds is 5. The van der Waals surface area contributed by atoms with Crippen LogP contribution in [-0.2, 0) is 0 Å². The van der Waals surface area contributed by atoms with E-state index < -0.39 is 0 Å². The predicted molar refractivity (Wildman–Crippen MR) is 75.8 cm³/mol. The van der Waals surface area contributed by atoms with Crippen molar-refractivity contribution in [2.45, 2.75) is 39.0 Å². The highest BCUT2D eigenvalue weighted by atomic mass is 16.5. The summed E-state index contributed by atoms with van der Waals surface area (Å²) in [5.41, 5.74) is 7.13. The molecule has 1 saturated carbocycles. The van der Waals surface area contributed by atoms with Gasteiger partial charge in [0.1, 0.15) is 5.75 Å². The van der Waals surface area contributed by atoms with Gasteiger partial charge in [-0.3, -0.25) is 0 Å². The van der Waals surface area contributed by atoms with Crippen LogP contribution in [0, 0.1) is 18.8 Å². The standard InChI is InChI=1S/C16H25NO/c1-13-7-5-6-10-16(13)18-12-15(11-17)14-8-3-2-4-9-14/h5-7,10,14-15H,2-4,8-9,11-12,17H2,1H3. The van der Waals surface area contributed by atoms with Crippen molar-refractivity contribution in [2.75, 3.05) is 13.2 Å². The SMILES string of the molecule is Cc1ccccc1OCC(CN)C1CCCCC1. The van der Waals surface area contributed by atoms with E-state index in [1.54, 1.807) is 0 Å². The predicted octanol–water partition coefficient (Wildman–Crippen LogP) is 3.53. The highest BCUT2D eigenvalue weighted by molar-refractivity contribution is 5.31. The van der Waals surface area contributed by atoms with Gasteiger partial charge in [-0.15, -0.1) is 0 Å². The van der Waals surface area contributed by atoms with Crippen molar-refractivity contribution in [3.8, 4) is 5.75 Å². The molecule has 0 heterocycles. The Kier molecular flexibility index (Phi) is 5.06. The van der Waals surface area contributed by atoms with Crippen LogP contribution in [0.25, 0.3) is 0 Å². The van der Waals surface area contributed by atoms with Crippen LogP contribution < -0.4 is 10.5 Å². The zero-order valence-corrected chi connectivity index (χ0v) is 11.4. The summed E-state index contributed by atoms with van der Waals surface area (Å²) >= 11 is 0. The average molecular weight is 247 g/mol. The van der Waals surface area contributed by atoms with Crippen LogP contribution in [0.4, 0.5) is 0 Å². The van der Waals surface area contributed by atoms with Crippen molar-refractivity contribution in [3.63, 3.8) is 0 Å². The first-order valence-corrected chi connectivity index (χ1v) is 7.19. The van der Waals surface area contributed by atoms with Gasteiger partial charge in [-0.2, -0.15) is 0 Å². The van der Waals surface area contributed by atoms with Gasteiger partial charge in [0.25, 0.3) is 0 Å². The molecule has 100 valence electrons. The Bertz CT molecular complexity index is 358. The van der Waals surface area contributed by atoms with E-state index in [-0.39, 0.29) is 0 Å². The fraction of sp³-hybridized carbons (Fsp3) is 0.625. The topological polar surface area (TPSA) is 35.2 Å². The Morgan fingerprint density at radius 3 is 2.61 bits per heavy atom. The van der Waals surface area contributed by atoms with Crippen LogP contribution >= 0.6 is 0 Å². The molecule has 0 saturated heterocycles. The van der Waals surface area contributed by atoms with Crippen LogP contribution in [0.2, 0.25) is 0 Å². The van der Waals surface area contributed by atoms with Gasteiger partial charge in [0, 0.05) is 5.92 Å². The summed E-state index contributed by atoms with van der Waals surface area (Å²) in [6.45, 7) is 3.61. The lowest BCUT2D eigenvalue weighted by atomic mass is 9.80. The number of hydrogen-bond donors (Lipinski definition) is 1. The second-order valence-corrected chi connectivity index (χ2v) is 5.47. The molecule has 0 bridgehead atoms. The molecule has 0 aromatic heterocycles. The summed E-state index contributed by atoms with van der Waals surface area (Å²) in [4.78, 5) is 0. The normalized spacial score (nSPS) is 18.6. The summed E-state index contributed by atoms with van der Waals surface area (Å²) < 4.78 is 5.96. The number of hydrogen-bond acceptors (Lipinski definition) is 2. The summed E-state index contributed by atoms with van der Waals surface area (Å²) in [7, 11) is 0. The van der Waals surface area contributed by atoms with Crippen molar-refractivity contribution in [1.82, 2.24) is 0 Å². The first kappa shape index (κ1) is 13.4. The van der Waals surface area contributed by atoms with Gasteiger partial charge in [0.2, 0.25) is 0 Å². The van der Waals surface area contributed by atoms with E-state index in [2.05, 4.69) is 13.0 Å². The highest BCUT2D eigenvalue weighted by Crippen LogP contribution is 2.30. The van der Waals surface area contributed by atoms with Gasteiger partial charge in [-0.1, -0.05) is 50.3 Å². The lowest BCUT2D eigenvalue weighted by Crippen LogP contribution is -2.30. The molecule has 1 aliphatic carbocycles. The monoisotopic (exact) mass is 247 g/mol. The second-order valence-electron chi connectivity index (χ2n) is 5.47. The third-order valence-corrected chi connectivity index (χ3v) is 4.17. The van der Waals surface area contributed by atoms with Gasteiger partial charge in [0.15, 0.2) is 0 Å². The molecule has 1 unspecified atom stereocenters. The van der Waals surface area contributed by atoms with Crippen LogP contribution in [0.5, 0.6) is 5.75 Å². The van der Waals surface area contributed by atoms with E-state index in [0.717, 1.165) is 24.8 Å². The molecule has 0 amide bonds. The van der Waals surface area contributed by atoms with Gasteiger partial charge in [0.05, 0.1) is 6.61 Å².